The summed E-state index contributed by atoms with van der Waals surface area (Å²) in [4.78, 5) is 2.46. The second-order valence-corrected chi connectivity index (χ2v) is 4.89. The van der Waals surface area contributed by atoms with Gasteiger partial charge >= 0.3 is 0 Å². The molecule has 0 atom stereocenters. The Labute approximate surface area is 110 Å². The Balaban J connectivity index is 1.59. The highest BCUT2D eigenvalue weighted by Gasteiger charge is 2.08. The van der Waals surface area contributed by atoms with Crippen LogP contribution < -0.4 is 5.32 Å². The van der Waals surface area contributed by atoms with Gasteiger partial charge in [0.05, 0.1) is 13.2 Å². The molecular formula is C14H25N3O. The summed E-state index contributed by atoms with van der Waals surface area (Å²) in [5.74, 6) is 0. The van der Waals surface area contributed by atoms with E-state index in [-0.39, 0.29) is 0 Å². The Morgan fingerprint density at radius 3 is 2.89 bits per heavy atom. The minimum absolute atomic E-state index is 0.889. The highest BCUT2D eigenvalue weighted by Crippen LogP contribution is 2.02. The quantitative estimate of drug-likeness (QED) is 0.741. The lowest BCUT2D eigenvalue weighted by Crippen LogP contribution is -2.40. The first-order valence-electron chi connectivity index (χ1n) is 7.04. The van der Waals surface area contributed by atoms with Crippen LogP contribution in [0.5, 0.6) is 0 Å². The zero-order valence-electron chi connectivity index (χ0n) is 11.4. The van der Waals surface area contributed by atoms with Crippen molar-refractivity contribution in [2.24, 2.45) is 0 Å². The summed E-state index contributed by atoms with van der Waals surface area (Å²) in [6.07, 6.45) is 5.60. The van der Waals surface area contributed by atoms with Gasteiger partial charge in [-0.25, -0.2) is 0 Å². The van der Waals surface area contributed by atoms with Crippen LogP contribution in [-0.2, 0) is 17.8 Å². The van der Waals surface area contributed by atoms with E-state index in [1.807, 2.05) is 0 Å². The van der Waals surface area contributed by atoms with Crippen LogP contribution in [0.2, 0.25) is 0 Å². The van der Waals surface area contributed by atoms with Crippen molar-refractivity contribution in [3.8, 4) is 0 Å². The summed E-state index contributed by atoms with van der Waals surface area (Å²) in [7, 11) is 0. The molecule has 0 aromatic carbocycles. The predicted octanol–water partition coefficient (Wildman–Crippen LogP) is 1.32. The average molecular weight is 251 g/mol. The number of morpholine rings is 1. The van der Waals surface area contributed by atoms with E-state index >= 15 is 0 Å². The van der Waals surface area contributed by atoms with Crippen molar-refractivity contribution < 1.29 is 4.74 Å². The molecule has 2 heterocycles. The summed E-state index contributed by atoms with van der Waals surface area (Å²) in [6, 6.07) is 2.21. The van der Waals surface area contributed by atoms with E-state index in [0.717, 1.165) is 52.5 Å². The predicted molar refractivity (Wildman–Crippen MR) is 73.7 cm³/mol. The van der Waals surface area contributed by atoms with E-state index in [1.165, 1.54) is 12.0 Å². The Kier molecular flexibility index (Phi) is 5.71. The van der Waals surface area contributed by atoms with Crippen molar-refractivity contribution in [1.82, 2.24) is 14.8 Å². The van der Waals surface area contributed by atoms with Crippen LogP contribution in [0.1, 0.15) is 18.9 Å². The van der Waals surface area contributed by atoms with Crippen LogP contribution in [0.4, 0.5) is 0 Å². The van der Waals surface area contributed by atoms with E-state index in [4.69, 9.17) is 4.74 Å². The first-order valence-corrected chi connectivity index (χ1v) is 7.04. The maximum Gasteiger partial charge on any atom is 0.0594 e. The first kappa shape index (κ1) is 13.6. The molecular weight excluding hydrogens is 226 g/mol. The smallest absolute Gasteiger partial charge is 0.0594 e. The number of hydrogen-bond donors (Lipinski definition) is 1. The van der Waals surface area contributed by atoms with Crippen molar-refractivity contribution in [2.45, 2.75) is 26.4 Å². The Morgan fingerprint density at radius 2 is 2.11 bits per heavy atom. The van der Waals surface area contributed by atoms with Gasteiger partial charge < -0.3 is 14.6 Å². The van der Waals surface area contributed by atoms with Crippen molar-refractivity contribution in [2.75, 3.05) is 39.4 Å². The largest absolute Gasteiger partial charge is 0.379 e. The van der Waals surface area contributed by atoms with Gasteiger partial charge in [-0.15, -0.1) is 0 Å². The molecule has 102 valence electrons. The van der Waals surface area contributed by atoms with Crippen molar-refractivity contribution in [3.63, 3.8) is 0 Å². The monoisotopic (exact) mass is 251 g/mol. The number of aryl methyl sites for hydroxylation is 1. The highest BCUT2D eigenvalue weighted by molar-refractivity contribution is 5.09. The highest BCUT2D eigenvalue weighted by atomic mass is 16.5. The van der Waals surface area contributed by atoms with Gasteiger partial charge in [0, 0.05) is 51.7 Å². The standard InChI is InChI=1S/C14H25N3O/c1-2-5-17-6-3-14(13-17)12-15-4-7-16-8-10-18-11-9-16/h3,6,13,15H,2,4-5,7-12H2,1H3. The fourth-order valence-electron chi connectivity index (χ4n) is 2.29. The molecule has 1 saturated heterocycles. The zero-order chi connectivity index (χ0) is 12.6. The van der Waals surface area contributed by atoms with Gasteiger partial charge in [0.2, 0.25) is 0 Å². The van der Waals surface area contributed by atoms with E-state index in [0.29, 0.717) is 0 Å². The molecule has 1 aliphatic heterocycles. The third kappa shape index (κ3) is 4.44. The zero-order valence-corrected chi connectivity index (χ0v) is 11.4. The number of hydrogen-bond acceptors (Lipinski definition) is 3. The second-order valence-electron chi connectivity index (χ2n) is 4.89. The molecule has 1 aromatic heterocycles. The maximum atomic E-state index is 5.34. The molecule has 0 spiro atoms. The van der Waals surface area contributed by atoms with Crippen LogP contribution in [0.25, 0.3) is 0 Å². The molecule has 18 heavy (non-hydrogen) atoms. The number of ether oxygens (including phenoxy) is 1. The van der Waals surface area contributed by atoms with E-state index in [1.54, 1.807) is 0 Å². The maximum absolute atomic E-state index is 5.34. The van der Waals surface area contributed by atoms with Gasteiger partial charge in [0.15, 0.2) is 0 Å². The second kappa shape index (κ2) is 7.56. The first-order chi connectivity index (χ1) is 8.88. The summed E-state index contributed by atoms with van der Waals surface area (Å²) in [5, 5.41) is 3.51. The molecule has 4 heteroatoms. The molecule has 0 aliphatic carbocycles. The number of nitrogens with zero attached hydrogens (tertiary/aromatic N) is 2. The number of aromatic nitrogens is 1. The lowest BCUT2D eigenvalue weighted by molar-refractivity contribution is 0.0384. The van der Waals surface area contributed by atoms with Crippen molar-refractivity contribution in [1.29, 1.82) is 0 Å². The molecule has 0 radical (unpaired) electrons. The van der Waals surface area contributed by atoms with E-state index < -0.39 is 0 Å². The number of rotatable bonds is 7. The molecule has 0 bridgehead atoms. The van der Waals surface area contributed by atoms with Gasteiger partial charge in [-0.05, 0) is 18.1 Å². The van der Waals surface area contributed by atoms with E-state index in [2.05, 4.69) is 40.2 Å². The summed E-state index contributed by atoms with van der Waals surface area (Å²) >= 11 is 0. The average Bonchev–Trinajstić information content (AvgIpc) is 2.84. The lowest BCUT2D eigenvalue weighted by atomic mass is 10.3. The SMILES string of the molecule is CCCn1ccc(CNCCN2CCOCC2)c1. The van der Waals surface area contributed by atoms with Crippen LogP contribution in [0, 0.1) is 0 Å². The van der Waals surface area contributed by atoms with Crippen molar-refractivity contribution in [3.05, 3.63) is 24.0 Å². The van der Waals surface area contributed by atoms with Crippen LogP contribution in [-0.4, -0.2) is 48.9 Å². The molecule has 1 fully saturated rings. The fraction of sp³-hybridized carbons (Fsp3) is 0.714. The van der Waals surface area contributed by atoms with E-state index in [9.17, 15) is 0 Å². The fourth-order valence-corrected chi connectivity index (χ4v) is 2.29. The molecule has 1 N–H and O–H groups in total. The molecule has 0 unspecified atom stereocenters. The molecule has 2 rings (SSSR count). The molecule has 1 aliphatic rings. The minimum atomic E-state index is 0.889. The third-order valence-electron chi connectivity index (χ3n) is 3.33. The minimum Gasteiger partial charge on any atom is -0.379 e. The normalized spacial score (nSPS) is 17.2. The summed E-state index contributed by atoms with van der Waals surface area (Å²) < 4.78 is 7.60. The number of nitrogens with one attached hydrogen (secondary N) is 1. The Morgan fingerprint density at radius 1 is 1.28 bits per heavy atom. The van der Waals surface area contributed by atoms with Crippen LogP contribution in [0.15, 0.2) is 18.5 Å². The lowest BCUT2D eigenvalue weighted by Gasteiger charge is -2.26. The topological polar surface area (TPSA) is 29.4 Å². The van der Waals surface area contributed by atoms with Crippen LogP contribution >= 0.6 is 0 Å². The molecule has 1 aromatic rings. The Hall–Kier alpha value is -0.840. The van der Waals surface area contributed by atoms with Crippen LogP contribution in [0.3, 0.4) is 0 Å². The van der Waals surface area contributed by atoms with Crippen molar-refractivity contribution >= 4 is 0 Å². The van der Waals surface area contributed by atoms with Gasteiger partial charge in [-0.2, -0.15) is 0 Å². The van der Waals surface area contributed by atoms with Gasteiger partial charge in [-0.1, -0.05) is 6.92 Å². The summed E-state index contributed by atoms with van der Waals surface area (Å²) in [6.45, 7) is 10.4. The van der Waals surface area contributed by atoms with Gasteiger partial charge in [0.1, 0.15) is 0 Å². The Bertz CT molecular complexity index is 332. The van der Waals surface area contributed by atoms with Gasteiger partial charge in [-0.3, -0.25) is 4.90 Å². The molecule has 4 nitrogen and oxygen atoms in total. The summed E-state index contributed by atoms with van der Waals surface area (Å²) in [5.41, 5.74) is 1.38. The third-order valence-corrected chi connectivity index (χ3v) is 3.33. The van der Waals surface area contributed by atoms with Gasteiger partial charge in [0.25, 0.3) is 0 Å². The molecule has 0 amide bonds. The molecule has 0 saturated carbocycles.